The number of benzene rings is 2. The second kappa shape index (κ2) is 9.84. The third-order valence-corrected chi connectivity index (χ3v) is 4.04. The molecule has 0 radical (unpaired) electrons. The Morgan fingerprint density at radius 1 is 1.03 bits per heavy atom. The first-order chi connectivity index (χ1) is 14.8. The summed E-state index contributed by atoms with van der Waals surface area (Å²) in [6.07, 6.45) is 0. The number of rotatable bonds is 9. The standard InChI is InChI=1S/C22H17F3O6/c1-13-2-8-19(31-22(24)25)17(10-13)18(26)12-29-21(27)20-9-7-16(30-20)11-28-15-5-3-14(23)4-6-15/h2-10,22H,11-12H2,1H3. The van der Waals surface area contributed by atoms with Gasteiger partial charge in [0.05, 0.1) is 5.56 Å². The van der Waals surface area contributed by atoms with Gasteiger partial charge in [-0.1, -0.05) is 11.6 Å². The van der Waals surface area contributed by atoms with E-state index >= 15 is 0 Å². The predicted octanol–water partition coefficient (Wildman–Crippen LogP) is 4.95. The van der Waals surface area contributed by atoms with E-state index in [1.165, 1.54) is 54.6 Å². The average Bonchev–Trinajstić information content (AvgIpc) is 3.21. The number of alkyl halides is 2. The van der Waals surface area contributed by atoms with Gasteiger partial charge in [0.2, 0.25) is 11.5 Å². The van der Waals surface area contributed by atoms with Crippen molar-refractivity contribution >= 4 is 11.8 Å². The zero-order chi connectivity index (χ0) is 22.4. The SMILES string of the molecule is Cc1ccc(OC(F)F)c(C(=O)COC(=O)c2ccc(COc3ccc(F)cc3)o2)c1. The number of carbonyl (C=O) groups is 2. The van der Waals surface area contributed by atoms with Crippen molar-refractivity contribution in [2.24, 2.45) is 0 Å². The van der Waals surface area contributed by atoms with Crippen LogP contribution in [-0.2, 0) is 11.3 Å². The number of halogens is 3. The molecule has 9 heteroatoms. The molecule has 3 rings (SSSR count). The van der Waals surface area contributed by atoms with Gasteiger partial charge in [0.15, 0.2) is 6.61 Å². The lowest BCUT2D eigenvalue weighted by Gasteiger charge is -2.11. The summed E-state index contributed by atoms with van der Waals surface area (Å²) in [6.45, 7) is -2.14. The van der Waals surface area contributed by atoms with Gasteiger partial charge in [0.1, 0.15) is 29.7 Å². The Balaban J connectivity index is 1.57. The van der Waals surface area contributed by atoms with Crippen molar-refractivity contribution < 1.29 is 41.4 Å². The zero-order valence-electron chi connectivity index (χ0n) is 16.3. The van der Waals surface area contributed by atoms with Crippen LogP contribution in [0.2, 0.25) is 0 Å². The molecular weight excluding hydrogens is 417 g/mol. The van der Waals surface area contributed by atoms with Crippen molar-refractivity contribution in [1.29, 1.82) is 0 Å². The molecule has 6 nitrogen and oxygen atoms in total. The maximum absolute atomic E-state index is 12.9. The summed E-state index contributed by atoms with van der Waals surface area (Å²) in [4.78, 5) is 24.5. The molecule has 3 aromatic rings. The third kappa shape index (κ3) is 6.11. The largest absolute Gasteiger partial charge is 0.486 e. The summed E-state index contributed by atoms with van der Waals surface area (Å²) in [5, 5.41) is 0. The minimum atomic E-state index is -3.10. The lowest BCUT2D eigenvalue weighted by atomic mass is 10.1. The van der Waals surface area contributed by atoms with Crippen LogP contribution in [0.3, 0.4) is 0 Å². The topological polar surface area (TPSA) is 75.0 Å². The van der Waals surface area contributed by atoms with Crippen LogP contribution in [0.4, 0.5) is 13.2 Å². The fraction of sp³-hybridized carbons (Fsp3) is 0.182. The molecule has 0 aliphatic rings. The Kier molecular flexibility index (Phi) is 6.96. The van der Waals surface area contributed by atoms with Crippen molar-refractivity contribution in [1.82, 2.24) is 0 Å². The Labute approximate surface area is 175 Å². The number of hydrogen-bond donors (Lipinski definition) is 0. The molecule has 2 aromatic carbocycles. The fourth-order valence-electron chi connectivity index (χ4n) is 2.59. The highest BCUT2D eigenvalue weighted by Crippen LogP contribution is 2.23. The second-order valence-corrected chi connectivity index (χ2v) is 6.39. The van der Waals surface area contributed by atoms with Crippen LogP contribution in [0.5, 0.6) is 11.5 Å². The van der Waals surface area contributed by atoms with Crippen molar-refractivity contribution in [3.63, 3.8) is 0 Å². The van der Waals surface area contributed by atoms with Crippen LogP contribution in [0.1, 0.15) is 32.2 Å². The van der Waals surface area contributed by atoms with Crippen molar-refractivity contribution in [3.8, 4) is 11.5 Å². The summed E-state index contributed by atoms with van der Waals surface area (Å²) >= 11 is 0. The van der Waals surface area contributed by atoms with Crippen LogP contribution in [0.15, 0.2) is 59.0 Å². The summed E-state index contributed by atoms with van der Waals surface area (Å²) < 4.78 is 57.9. The second-order valence-electron chi connectivity index (χ2n) is 6.39. The van der Waals surface area contributed by atoms with Crippen LogP contribution >= 0.6 is 0 Å². The maximum Gasteiger partial charge on any atom is 0.387 e. The molecule has 0 aliphatic heterocycles. The molecule has 0 amide bonds. The molecule has 0 unspecified atom stereocenters. The van der Waals surface area contributed by atoms with E-state index in [0.29, 0.717) is 17.1 Å². The summed E-state index contributed by atoms with van der Waals surface area (Å²) in [5.74, 6) is -1.78. The predicted molar refractivity (Wildman–Crippen MR) is 102 cm³/mol. The molecule has 31 heavy (non-hydrogen) atoms. The molecule has 0 spiro atoms. The number of aryl methyl sites for hydroxylation is 1. The van der Waals surface area contributed by atoms with Gasteiger partial charge in [0, 0.05) is 0 Å². The Morgan fingerprint density at radius 2 is 1.77 bits per heavy atom. The number of carbonyl (C=O) groups excluding carboxylic acids is 2. The minimum absolute atomic E-state index is 0.0184. The first-order valence-corrected chi connectivity index (χ1v) is 9.04. The average molecular weight is 434 g/mol. The molecule has 162 valence electrons. The van der Waals surface area contributed by atoms with E-state index in [1.54, 1.807) is 6.92 Å². The van der Waals surface area contributed by atoms with E-state index in [2.05, 4.69) is 4.74 Å². The van der Waals surface area contributed by atoms with Crippen molar-refractivity contribution in [2.45, 2.75) is 20.1 Å². The molecule has 1 aromatic heterocycles. The summed E-state index contributed by atoms with van der Waals surface area (Å²) in [5.41, 5.74) is 0.522. The molecular formula is C22H17F3O6. The van der Waals surface area contributed by atoms with Crippen LogP contribution in [0.25, 0.3) is 0 Å². The first kappa shape index (κ1) is 21.9. The number of hydrogen-bond acceptors (Lipinski definition) is 6. The van der Waals surface area contributed by atoms with Gasteiger partial charge in [-0.3, -0.25) is 4.79 Å². The Bertz CT molecular complexity index is 1060. The van der Waals surface area contributed by atoms with Gasteiger partial charge in [-0.15, -0.1) is 0 Å². The normalized spacial score (nSPS) is 10.7. The highest BCUT2D eigenvalue weighted by atomic mass is 19.3. The molecule has 0 aliphatic carbocycles. The molecule has 0 saturated carbocycles. The van der Waals surface area contributed by atoms with E-state index in [4.69, 9.17) is 13.9 Å². The fourth-order valence-corrected chi connectivity index (χ4v) is 2.59. The van der Waals surface area contributed by atoms with Crippen molar-refractivity contribution in [3.05, 3.63) is 83.1 Å². The lowest BCUT2D eigenvalue weighted by Crippen LogP contribution is -2.16. The lowest BCUT2D eigenvalue weighted by molar-refractivity contribution is -0.0502. The number of ketones is 1. The van der Waals surface area contributed by atoms with E-state index < -0.39 is 30.8 Å². The molecule has 0 bridgehead atoms. The summed E-state index contributed by atoms with van der Waals surface area (Å²) in [7, 11) is 0. The van der Waals surface area contributed by atoms with Gasteiger partial charge < -0.3 is 18.6 Å². The van der Waals surface area contributed by atoms with Gasteiger partial charge >= 0.3 is 12.6 Å². The monoisotopic (exact) mass is 434 g/mol. The number of ether oxygens (including phenoxy) is 3. The minimum Gasteiger partial charge on any atom is -0.486 e. The molecule has 1 heterocycles. The molecule has 0 fully saturated rings. The molecule has 0 atom stereocenters. The van der Waals surface area contributed by atoms with Crippen LogP contribution in [0, 0.1) is 12.7 Å². The quantitative estimate of drug-likeness (QED) is 0.351. The number of Topliss-reactive ketones (excluding diaryl/α,β-unsaturated/α-hetero) is 1. The maximum atomic E-state index is 12.9. The molecule has 0 saturated heterocycles. The van der Waals surface area contributed by atoms with Crippen LogP contribution in [-0.4, -0.2) is 25.0 Å². The van der Waals surface area contributed by atoms with E-state index in [9.17, 15) is 22.8 Å². The van der Waals surface area contributed by atoms with E-state index in [0.717, 1.165) is 0 Å². The highest BCUT2D eigenvalue weighted by molar-refractivity contribution is 6.01. The van der Waals surface area contributed by atoms with Gasteiger partial charge in [0.25, 0.3) is 0 Å². The van der Waals surface area contributed by atoms with Gasteiger partial charge in [-0.05, 0) is 55.5 Å². The van der Waals surface area contributed by atoms with Gasteiger partial charge in [-0.25, -0.2) is 9.18 Å². The zero-order valence-corrected chi connectivity index (χ0v) is 16.3. The summed E-state index contributed by atoms with van der Waals surface area (Å²) in [6, 6.07) is 12.3. The Hall–Kier alpha value is -3.75. The highest BCUT2D eigenvalue weighted by Gasteiger charge is 2.20. The number of furan rings is 1. The van der Waals surface area contributed by atoms with E-state index in [-0.39, 0.29) is 23.7 Å². The number of esters is 1. The van der Waals surface area contributed by atoms with Crippen LogP contribution < -0.4 is 9.47 Å². The first-order valence-electron chi connectivity index (χ1n) is 9.04. The van der Waals surface area contributed by atoms with Crippen molar-refractivity contribution in [2.75, 3.05) is 6.61 Å². The third-order valence-electron chi connectivity index (χ3n) is 4.04. The smallest absolute Gasteiger partial charge is 0.387 e. The Morgan fingerprint density at radius 3 is 2.48 bits per heavy atom. The molecule has 0 N–H and O–H groups in total. The van der Waals surface area contributed by atoms with E-state index in [1.807, 2.05) is 0 Å². The van der Waals surface area contributed by atoms with Gasteiger partial charge in [-0.2, -0.15) is 8.78 Å².